The highest BCUT2D eigenvalue weighted by Crippen LogP contribution is 2.67. The number of ether oxygens (including phenoxy) is 1. The molecule has 1 spiro atoms. The summed E-state index contributed by atoms with van der Waals surface area (Å²) in [5, 5.41) is 0. The topological polar surface area (TPSA) is 58.6 Å². The van der Waals surface area contributed by atoms with E-state index in [1.807, 2.05) is 12.1 Å². The van der Waals surface area contributed by atoms with Crippen molar-refractivity contribution >= 4 is 17.7 Å². The van der Waals surface area contributed by atoms with Gasteiger partial charge in [0.15, 0.2) is 11.9 Å². The highest BCUT2D eigenvalue weighted by atomic mass is 16.5. The Morgan fingerprint density at radius 3 is 2.83 bits per heavy atom. The molecule has 5 nitrogen and oxygen atoms in total. The first-order chi connectivity index (χ1) is 14.5. The molecule has 1 saturated carbocycles. The summed E-state index contributed by atoms with van der Waals surface area (Å²) in [6, 6.07) is 8.35. The number of nitrogens with zero attached hydrogens (tertiary/aromatic N) is 2. The van der Waals surface area contributed by atoms with E-state index in [2.05, 4.69) is 48.9 Å². The monoisotopic (exact) mass is 402 g/mol. The van der Waals surface area contributed by atoms with E-state index in [1.54, 1.807) is 10.7 Å². The predicted octanol–water partition coefficient (Wildman–Crippen LogP) is 2.85. The van der Waals surface area contributed by atoms with Crippen LogP contribution in [0.2, 0.25) is 0 Å². The van der Waals surface area contributed by atoms with E-state index in [9.17, 15) is 4.79 Å². The molecule has 5 rings (SSSR count). The van der Waals surface area contributed by atoms with E-state index >= 15 is 0 Å². The molecule has 2 aliphatic heterocycles. The highest BCUT2D eigenvalue weighted by Gasteiger charge is 2.64. The molecule has 1 aromatic rings. The van der Waals surface area contributed by atoms with Gasteiger partial charge in [0.25, 0.3) is 0 Å². The van der Waals surface area contributed by atoms with Crippen LogP contribution in [0.1, 0.15) is 24.5 Å². The third-order valence-corrected chi connectivity index (χ3v) is 6.96. The van der Waals surface area contributed by atoms with Gasteiger partial charge < -0.3 is 15.4 Å². The van der Waals surface area contributed by atoms with Crippen molar-refractivity contribution in [2.75, 3.05) is 26.3 Å². The lowest BCUT2D eigenvalue weighted by atomic mass is 9.92. The van der Waals surface area contributed by atoms with E-state index in [0.717, 1.165) is 61.7 Å². The average Bonchev–Trinajstić information content (AvgIpc) is 3.35. The van der Waals surface area contributed by atoms with Crippen molar-refractivity contribution in [1.29, 1.82) is 0 Å². The van der Waals surface area contributed by atoms with Crippen molar-refractivity contribution in [2.24, 2.45) is 17.1 Å². The molecule has 154 valence electrons. The maximum absolute atomic E-state index is 13.4. The van der Waals surface area contributed by atoms with Crippen LogP contribution in [0.3, 0.4) is 0 Å². The molecular weight excluding hydrogens is 374 g/mol. The number of rotatable bonds is 4. The van der Waals surface area contributed by atoms with Crippen LogP contribution >= 0.6 is 0 Å². The molecule has 0 radical (unpaired) electrons. The van der Waals surface area contributed by atoms with Crippen molar-refractivity contribution in [3.05, 3.63) is 77.3 Å². The summed E-state index contributed by atoms with van der Waals surface area (Å²) in [4.78, 5) is 15.7. The molecule has 2 heterocycles. The van der Waals surface area contributed by atoms with Gasteiger partial charge in [-0.25, -0.2) is 4.79 Å². The molecule has 2 aliphatic carbocycles. The van der Waals surface area contributed by atoms with Crippen LogP contribution in [-0.2, 0) is 16.0 Å². The zero-order chi connectivity index (χ0) is 20.9. The fraction of sp³-hybridized carbons (Fsp3) is 0.360. The quantitative estimate of drug-likeness (QED) is 0.622. The van der Waals surface area contributed by atoms with Gasteiger partial charge in [-0.1, -0.05) is 30.8 Å². The van der Waals surface area contributed by atoms with E-state index in [0.29, 0.717) is 11.6 Å². The molecule has 2 atom stereocenters. The molecule has 1 amide bonds. The van der Waals surface area contributed by atoms with Crippen LogP contribution in [0.5, 0.6) is 0 Å². The van der Waals surface area contributed by atoms with Crippen molar-refractivity contribution < 1.29 is 14.1 Å². The van der Waals surface area contributed by atoms with Crippen LogP contribution in [-0.4, -0.2) is 47.9 Å². The predicted molar refractivity (Wildman–Crippen MR) is 118 cm³/mol. The first-order valence-corrected chi connectivity index (χ1v) is 10.7. The summed E-state index contributed by atoms with van der Waals surface area (Å²) < 4.78 is 7.14. The van der Waals surface area contributed by atoms with Crippen molar-refractivity contribution in [3.63, 3.8) is 0 Å². The van der Waals surface area contributed by atoms with Gasteiger partial charge in [0.2, 0.25) is 5.70 Å². The summed E-state index contributed by atoms with van der Waals surface area (Å²) in [6.07, 6.45) is 9.82. The standard InChI is InChI=1S/C25H28N3O2/c1-3-20(9-8-17(2)27-10-12-30-13-11-27)28-16-19-15-25(19)14-18-6-4-5-7-21(18)22(25)23(26)24(28)29/h3-9,16,19H,1,10-15,26H2,2H3/q+1/b17-8+,20-9+. The number of hydrogen-bond donors (Lipinski definition) is 1. The van der Waals surface area contributed by atoms with Gasteiger partial charge in [0.1, 0.15) is 0 Å². The minimum Gasteiger partial charge on any atom is -0.390 e. The van der Waals surface area contributed by atoms with Crippen molar-refractivity contribution in [2.45, 2.75) is 19.8 Å². The fourth-order valence-corrected chi connectivity index (χ4v) is 5.21. The Labute approximate surface area is 177 Å². The van der Waals surface area contributed by atoms with Crippen LogP contribution < -0.4 is 5.73 Å². The van der Waals surface area contributed by atoms with Gasteiger partial charge >= 0.3 is 5.91 Å². The van der Waals surface area contributed by atoms with Crippen LogP contribution in [0.15, 0.2) is 66.2 Å². The largest absolute Gasteiger partial charge is 0.440 e. The Kier molecular flexibility index (Phi) is 4.51. The smallest absolute Gasteiger partial charge is 0.390 e. The molecule has 1 saturated heterocycles. The number of nitrogens with two attached hydrogens (primary N) is 1. The van der Waals surface area contributed by atoms with Crippen LogP contribution in [0.4, 0.5) is 0 Å². The summed E-state index contributed by atoms with van der Waals surface area (Å²) in [5.41, 5.74) is 12.3. The summed E-state index contributed by atoms with van der Waals surface area (Å²) in [7, 11) is 0. The van der Waals surface area contributed by atoms with Crippen molar-refractivity contribution in [3.8, 4) is 0 Å². The van der Waals surface area contributed by atoms with Gasteiger partial charge in [0, 0.05) is 47.8 Å². The number of carbonyl (C=O) groups excluding carboxylic acids is 1. The lowest BCUT2D eigenvalue weighted by Gasteiger charge is -2.29. The second kappa shape index (κ2) is 7.10. The first-order valence-electron chi connectivity index (χ1n) is 10.7. The van der Waals surface area contributed by atoms with E-state index < -0.39 is 0 Å². The average molecular weight is 403 g/mol. The third-order valence-electron chi connectivity index (χ3n) is 6.96. The molecule has 30 heavy (non-hydrogen) atoms. The lowest BCUT2D eigenvalue weighted by Crippen LogP contribution is -2.34. The minimum absolute atomic E-state index is 0.00990. The lowest BCUT2D eigenvalue weighted by molar-refractivity contribution is -0.387. The SMILES string of the molecule is C=C/C(=C\C=C(/C)N1CCOCC1)[N+]1=CC2CC23Cc2ccccc2C3=C(N)C1=O. The second-order valence-electron chi connectivity index (χ2n) is 8.62. The summed E-state index contributed by atoms with van der Waals surface area (Å²) in [5.74, 6) is 0.162. The molecule has 4 aliphatic rings. The van der Waals surface area contributed by atoms with Gasteiger partial charge in [-0.05, 0) is 37.0 Å². The summed E-state index contributed by atoms with van der Waals surface area (Å²) >= 11 is 0. The van der Waals surface area contributed by atoms with Gasteiger partial charge in [0.05, 0.1) is 13.2 Å². The Hall–Kier alpha value is -2.92. The molecule has 2 unspecified atom stereocenters. The fourth-order valence-electron chi connectivity index (χ4n) is 5.21. The summed E-state index contributed by atoms with van der Waals surface area (Å²) in [6.45, 7) is 9.31. The maximum Gasteiger partial charge on any atom is 0.440 e. The van der Waals surface area contributed by atoms with E-state index in [1.165, 1.54) is 5.56 Å². The van der Waals surface area contributed by atoms with Crippen molar-refractivity contribution in [1.82, 2.24) is 4.90 Å². The Morgan fingerprint density at radius 2 is 2.07 bits per heavy atom. The second-order valence-corrected chi connectivity index (χ2v) is 8.62. The first kappa shape index (κ1) is 19.1. The zero-order valence-electron chi connectivity index (χ0n) is 17.4. The number of morpholine rings is 1. The molecule has 0 bridgehead atoms. The molecular formula is C25H28N3O2+. The van der Waals surface area contributed by atoms with Crippen LogP contribution in [0, 0.1) is 11.3 Å². The molecule has 1 aromatic carbocycles. The number of fused-ring (bicyclic) bond motifs is 2. The number of benzene rings is 1. The molecule has 2 fully saturated rings. The van der Waals surface area contributed by atoms with Gasteiger partial charge in [-0.15, -0.1) is 4.58 Å². The number of carbonyl (C=O) groups is 1. The Balaban J connectivity index is 1.50. The molecule has 0 aromatic heterocycles. The number of amides is 1. The highest BCUT2D eigenvalue weighted by molar-refractivity contribution is 6.04. The van der Waals surface area contributed by atoms with E-state index in [-0.39, 0.29) is 11.3 Å². The third kappa shape index (κ3) is 2.88. The van der Waals surface area contributed by atoms with Crippen LogP contribution in [0.25, 0.3) is 5.57 Å². The molecule has 2 N–H and O–H groups in total. The normalized spacial score (nSPS) is 28.4. The molecule has 5 heteroatoms. The van der Waals surface area contributed by atoms with Gasteiger partial charge in [-0.2, -0.15) is 0 Å². The number of hydrogen-bond acceptors (Lipinski definition) is 4. The zero-order valence-corrected chi connectivity index (χ0v) is 17.4. The Morgan fingerprint density at radius 1 is 1.30 bits per heavy atom. The number of allylic oxidation sites excluding steroid dienone is 5. The maximum atomic E-state index is 13.4. The van der Waals surface area contributed by atoms with E-state index in [4.69, 9.17) is 10.5 Å². The Bertz CT molecular complexity index is 1060. The van der Waals surface area contributed by atoms with Gasteiger partial charge in [-0.3, -0.25) is 0 Å². The minimum atomic E-state index is -0.156.